The van der Waals surface area contributed by atoms with Crippen molar-refractivity contribution in [2.45, 2.75) is 52.0 Å². The van der Waals surface area contributed by atoms with Gasteiger partial charge in [-0.3, -0.25) is 0 Å². The molecule has 2 heterocycles. The molecule has 1 aliphatic carbocycles. The first kappa shape index (κ1) is 16.1. The van der Waals surface area contributed by atoms with Crippen LogP contribution >= 0.6 is 0 Å². The Morgan fingerprint density at radius 2 is 1.91 bits per heavy atom. The molecule has 1 unspecified atom stereocenters. The van der Waals surface area contributed by atoms with Gasteiger partial charge in [-0.05, 0) is 31.1 Å². The van der Waals surface area contributed by atoms with Crippen molar-refractivity contribution in [1.82, 2.24) is 10.2 Å². The molecule has 2 amide bonds. The molecule has 5 nitrogen and oxygen atoms in total. The number of nitrogens with zero attached hydrogens (tertiary/aromatic N) is 1. The first-order valence-electron chi connectivity index (χ1n) is 8.58. The van der Waals surface area contributed by atoms with Gasteiger partial charge in [-0.15, -0.1) is 0 Å². The van der Waals surface area contributed by atoms with Gasteiger partial charge in [0.25, 0.3) is 0 Å². The van der Waals surface area contributed by atoms with Crippen molar-refractivity contribution >= 4 is 15.9 Å². The zero-order valence-corrected chi connectivity index (χ0v) is 14.5. The van der Waals surface area contributed by atoms with Crippen LogP contribution in [-0.4, -0.2) is 50.0 Å². The number of urea groups is 1. The highest BCUT2D eigenvalue weighted by atomic mass is 32.2. The summed E-state index contributed by atoms with van der Waals surface area (Å²) < 4.78 is 22.2. The Balaban J connectivity index is 1.46. The second-order valence-corrected chi connectivity index (χ2v) is 10.0. The maximum Gasteiger partial charge on any atom is 0.317 e. The van der Waals surface area contributed by atoms with E-state index in [0.717, 1.165) is 13.0 Å². The smallest absolute Gasteiger partial charge is 0.317 e. The first-order valence-corrected chi connectivity index (χ1v) is 10.4. The van der Waals surface area contributed by atoms with E-state index >= 15 is 0 Å². The lowest BCUT2D eigenvalue weighted by Crippen LogP contribution is -2.69. The number of hydrogen-bond donors (Lipinski definition) is 1. The highest BCUT2D eigenvalue weighted by molar-refractivity contribution is 7.92. The summed E-state index contributed by atoms with van der Waals surface area (Å²) in [6.07, 6.45) is 5.90. The maximum absolute atomic E-state index is 12.4. The van der Waals surface area contributed by atoms with Crippen molar-refractivity contribution in [3.8, 4) is 0 Å². The Morgan fingerprint density at radius 3 is 2.45 bits per heavy atom. The molecule has 1 saturated carbocycles. The highest BCUT2D eigenvalue weighted by Gasteiger charge is 2.56. The lowest BCUT2D eigenvalue weighted by atomic mass is 9.66. The fraction of sp³-hybridized carbons (Fsp3) is 0.938. The zero-order chi connectivity index (χ0) is 16.0. The van der Waals surface area contributed by atoms with E-state index in [9.17, 15) is 13.2 Å². The molecule has 2 aliphatic heterocycles. The highest BCUT2D eigenvalue weighted by Crippen LogP contribution is 2.52. The number of nitrogens with one attached hydrogen (secondary N) is 1. The summed E-state index contributed by atoms with van der Waals surface area (Å²) >= 11 is 0. The summed E-state index contributed by atoms with van der Waals surface area (Å²) in [5, 5.41) is 2.99. The average molecular weight is 328 g/mol. The average Bonchev–Trinajstić information content (AvgIpc) is 2.83. The topological polar surface area (TPSA) is 66.5 Å². The van der Waals surface area contributed by atoms with E-state index < -0.39 is 9.84 Å². The van der Waals surface area contributed by atoms with E-state index in [0.29, 0.717) is 35.4 Å². The van der Waals surface area contributed by atoms with Gasteiger partial charge in [0.15, 0.2) is 9.84 Å². The minimum atomic E-state index is -2.75. The second kappa shape index (κ2) is 5.69. The fourth-order valence-electron chi connectivity index (χ4n) is 4.87. The van der Waals surface area contributed by atoms with Gasteiger partial charge >= 0.3 is 6.03 Å². The van der Waals surface area contributed by atoms with Gasteiger partial charge in [-0.1, -0.05) is 26.7 Å². The molecule has 126 valence electrons. The van der Waals surface area contributed by atoms with Crippen molar-refractivity contribution in [3.05, 3.63) is 0 Å². The van der Waals surface area contributed by atoms with Crippen LogP contribution in [0.4, 0.5) is 4.79 Å². The predicted octanol–water partition coefficient (Wildman–Crippen LogP) is 2.03. The Bertz CT molecular complexity index is 526. The van der Waals surface area contributed by atoms with Gasteiger partial charge in [0.05, 0.1) is 11.5 Å². The number of carbonyl (C=O) groups excluding carboxylic acids is 1. The molecular formula is C16H28N2O3S. The van der Waals surface area contributed by atoms with Gasteiger partial charge < -0.3 is 10.2 Å². The predicted molar refractivity (Wildman–Crippen MR) is 86.4 cm³/mol. The number of carbonyl (C=O) groups is 1. The van der Waals surface area contributed by atoms with E-state index in [1.807, 2.05) is 4.90 Å². The van der Waals surface area contributed by atoms with Crippen molar-refractivity contribution in [3.63, 3.8) is 0 Å². The second-order valence-electron chi connectivity index (χ2n) is 7.85. The SMILES string of the molecule is CC(C)C1N(C(=O)NCCC2CS(=O)(=O)C2)CC12CCCC2. The maximum atomic E-state index is 12.4. The van der Waals surface area contributed by atoms with Crippen molar-refractivity contribution in [2.24, 2.45) is 17.3 Å². The van der Waals surface area contributed by atoms with Crippen LogP contribution in [0, 0.1) is 17.3 Å². The van der Waals surface area contributed by atoms with Crippen molar-refractivity contribution in [2.75, 3.05) is 24.6 Å². The van der Waals surface area contributed by atoms with Gasteiger partial charge in [-0.2, -0.15) is 0 Å². The van der Waals surface area contributed by atoms with E-state index in [1.165, 1.54) is 25.7 Å². The molecule has 0 aromatic carbocycles. The molecule has 1 spiro atoms. The van der Waals surface area contributed by atoms with Crippen LogP contribution in [0.25, 0.3) is 0 Å². The number of hydrogen-bond acceptors (Lipinski definition) is 3. The molecule has 3 fully saturated rings. The summed E-state index contributed by atoms with van der Waals surface area (Å²) in [4.78, 5) is 14.4. The molecule has 0 radical (unpaired) electrons. The summed E-state index contributed by atoms with van der Waals surface area (Å²) in [6, 6.07) is 0.414. The van der Waals surface area contributed by atoms with Gasteiger partial charge in [0, 0.05) is 24.5 Å². The van der Waals surface area contributed by atoms with Crippen LogP contribution in [0.2, 0.25) is 0 Å². The van der Waals surface area contributed by atoms with E-state index in [1.54, 1.807) is 0 Å². The van der Waals surface area contributed by atoms with E-state index in [2.05, 4.69) is 19.2 Å². The van der Waals surface area contributed by atoms with Crippen LogP contribution in [-0.2, 0) is 9.84 Å². The molecule has 3 rings (SSSR count). The Labute approximate surface area is 133 Å². The zero-order valence-electron chi connectivity index (χ0n) is 13.7. The van der Waals surface area contributed by atoms with Crippen molar-refractivity contribution < 1.29 is 13.2 Å². The lowest BCUT2D eigenvalue weighted by molar-refractivity contribution is -0.0615. The number of sulfone groups is 1. The van der Waals surface area contributed by atoms with Crippen LogP contribution in [0.5, 0.6) is 0 Å². The van der Waals surface area contributed by atoms with Gasteiger partial charge in [0.2, 0.25) is 0 Å². The van der Waals surface area contributed by atoms with Crippen molar-refractivity contribution in [1.29, 1.82) is 0 Å². The quantitative estimate of drug-likeness (QED) is 0.859. The van der Waals surface area contributed by atoms with E-state index in [4.69, 9.17) is 0 Å². The Hall–Kier alpha value is -0.780. The molecular weight excluding hydrogens is 300 g/mol. The molecule has 0 aromatic heterocycles. The summed E-state index contributed by atoms with van der Waals surface area (Å²) in [5.41, 5.74) is 0.382. The lowest BCUT2D eigenvalue weighted by Gasteiger charge is -2.58. The Kier molecular flexibility index (Phi) is 4.16. The molecule has 22 heavy (non-hydrogen) atoms. The van der Waals surface area contributed by atoms with Crippen LogP contribution in [0.3, 0.4) is 0 Å². The number of rotatable bonds is 4. The molecule has 6 heteroatoms. The third-order valence-corrected chi connectivity index (χ3v) is 7.71. The number of likely N-dealkylation sites (tertiary alicyclic amines) is 1. The van der Waals surface area contributed by atoms with Gasteiger partial charge in [0.1, 0.15) is 0 Å². The normalized spacial score (nSPS) is 29.4. The summed E-state index contributed by atoms with van der Waals surface area (Å²) in [7, 11) is -2.75. The largest absolute Gasteiger partial charge is 0.338 e. The van der Waals surface area contributed by atoms with Crippen LogP contribution in [0.1, 0.15) is 46.0 Å². The minimum Gasteiger partial charge on any atom is -0.338 e. The molecule has 0 aromatic rings. The molecule has 1 atom stereocenters. The standard InChI is InChI=1S/C16H28N2O3S/c1-12(2)14-16(6-3-4-7-16)11-18(14)15(19)17-8-5-13-9-22(20,21)10-13/h12-14H,3-11H2,1-2H3,(H,17,19). The monoisotopic (exact) mass is 328 g/mol. The number of amides is 2. The molecule has 1 N–H and O–H groups in total. The molecule has 0 bridgehead atoms. The Morgan fingerprint density at radius 1 is 1.27 bits per heavy atom. The first-order chi connectivity index (χ1) is 10.3. The third kappa shape index (κ3) is 2.86. The van der Waals surface area contributed by atoms with Gasteiger partial charge in [-0.25, -0.2) is 13.2 Å². The third-order valence-electron chi connectivity index (χ3n) is 5.75. The van der Waals surface area contributed by atoms with Crippen LogP contribution < -0.4 is 5.32 Å². The molecule has 2 saturated heterocycles. The summed E-state index contributed by atoms with van der Waals surface area (Å²) in [6.45, 7) is 5.92. The van der Waals surface area contributed by atoms with Crippen LogP contribution in [0.15, 0.2) is 0 Å². The van der Waals surface area contributed by atoms with E-state index in [-0.39, 0.29) is 11.9 Å². The summed E-state index contributed by atoms with van der Waals surface area (Å²) in [5.74, 6) is 1.33. The fourth-order valence-corrected chi connectivity index (χ4v) is 6.54. The molecule has 3 aliphatic rings. The minimum absolute atomic E-state index is 0.0402.